The van der Waals surface area contributed by atoms with Gasteiger partial charge < -0.3 is 15.0 Å². The van der Waals surface area contributed by atoms with Gasteiger partial charge in [-0.05, 0) is 38.8 Å². The molecule has 0 aromatic carbocycles. The van der Waals surface area contributed by atoms with Gasteiger partial charge in [0.1, 0.15) is 0 Å². The molecular weight excluding hydrogens is 284 g/mol. The summed E-state index contributed by atoms with van der Waals surface area (Å²) in [6.07, 6.45) is 2.10. The fraction of sp³-hybridized carbons (Fsp3) is 0.857. The van der Waals surface area contributed by atoms with Gasteiger partial charge in [0.15, 0.2) is 0 Å². The van der Waals surface area contributed by atoms with Gasteiger partial charge in [0.25, 0.3) is 11.7 Å². The Morgan fingerprint density at radius 2 is 1.91 bits per heavy atom. The number of hydrogen-bond acceptors (Lipinski definition) is 6. The second kappa shape index (κ2) is 5.92. The molecule has 22 heavy (non-hydrogen) atoms. The topological polar surface area (TPSA) is 85.2 Å². The van der Waals surface area contributed by atoms with Crippen molar-refractivity contribution in [2.24, 2.45) is 0 Å². The molecule has 122 valence electrons. The van der Waals surface area contributed by atoms with E-state index < -0.39 is 0 Å². The summed E-state index contributed by atoms with van der Waals surface area (Å²) in [7, 11) is 0. The Labute approximate surface area is 130 Å². The lowest BCUT2D eigenvalue weighted by Gasteiger charge is -2.41. The van der Waals surface area contributed by atoms with Gasteiger partial charge in [0, 0.05) is 38.4 Å². The smallest absolute Gasteiger partial charge is 0.295 e. The molecule has 0 saturated carbocycles. The van der Waals surface area contributed by atoms with E-state index in [4.69, 9.17) is 4.74 Å². The van der Waals surface area contributed by atoms with Crippen molar-refractivity contribution >= 4 is 5.91 Å². The zero-order valence-corrected chi connectivity index (χ0v) is 13.4. The third-order valence-corrected chi connectivity index (χ3v) is 4.07. The van der Waals surface area contributed by atoms with Crippen LogP contribution in [-0.2, 0) is 10.3 Å². The second-order valence-corrected chi connectivity index (χ2v) is 7.03. The summed E-state index contributed by atoms with van der Waals surface area (Å²) in [5.74, 6) is 0.0416. The van der Waals surface area contributed by atoms with Crippen molar-refractivity contribution in [1.82, 2.24) is 30.4 Å². The van der Waals surface area contributed by atoms with Crippen molar-refractivity contribution < 1.29 is 9.53 Å². The maximum Gasteiger partial charge on any atom is 0.295 e. The summed E-state index contributed by atoms with van der Waals surface area (Å²) >= 11 is 0. The number of carbonyl (C=O) groups excluding carboxylic acids is 1. The molecule has 0 radical (unpaired) electrons. The van der Waals surface area contributed by atoms with Crippen molar-refractivity contribution in [2.75, 3.05) is 26.3 Å². The van der Waals surface area contributed by atoms with E-state index >= 15 is 0 Å². The van der Waals surface area contributed by atoms with Crippen LogP contribution in [0.2, 0.25) is 0 Å². The molecular formula is C14H24N6O2. The predicted molar refractivity (Wildman–Crippen MR) is 79.5 cm³/mol. The number of nitrogens with zero attached hydrogens (tertiary/aromatic N) is 5. The Balaban J connectivity index is 1.49. The Morgan fingerprint density at radius 3 is 2.50 bits per heavy atom. The number of likely N-dealkylation sites (tertiary alicyclic amines) is 1. The molecule has 2 saturated heterocycles. The highest BCUT2D eigenvalue weighted by Gasteiger charge is 2.35. The molecule has 0 bridgehead atoms. The highest BCUT2D eigenvalue weighted by Crippen LogP contribution is 2.15. The van der Waals surface area contributed by atoms with Crippen LogP contribution in [0.4, 0.5) is 0 Å². The van der Waals surface area contributed by atoms with E-state index in [0.717, 1.165) is 26.1 Å². The Bertz CT molecular complexity index is 526. The molecule has 1 aromatic rings. The summed E-state index contributed by atoms with van der Waals surface area (Å²) < 4.78 is 5.35. The van der Waals surface area contributed by atoms with Crippen LogP contribution in [0.25, 0.3) is 0 Å². The highest BCUT2D eigenvalue weighted by atomic mass is 16.5. The minimum Gasteiger partial charge on any atom is -0.381 e. The van der Waals surface area contributed by atoms with Gasteiger partial charge in [-0.3, -0.25) is 4.79 Å². The molecule has 1 N–H and O–H groups in total. The van der Waals surface area contributed by atoms with Gasteiger partial charge in [0.05, 0.1) is 5.54 Å². The van der Waals surface area contributed by atoms with Crippen molar-refractivity contribution in [1.29, 1.82) is 0 Å². The number of tetrazole rings is 1. The van der Waals surface area contributed by atoms with Crippen LogP contribution >= 0.6 is 0 Å². The predicted octanol–water partition coefficient (Wildman–Crippen LogP) is 0.0211. The van der Waals surface area contributed by atoms with Crippen LogP contribution in [-0.4, -0.2) is 69.4 Å². The summed E-state index contributed by atoms with van der Waals surface area (Å²) in [6.45, 7) is 8.99. The van der Waals surface area contributed by atoms with Crippen LogP contribution in [0.15, 0.2) is 0 Å². The van der Waals surface area contributed by atoms with Crippen molar-refractivity contribution in [3.63, 3.8) is 0 Å². The molecule has 2 aliphatic rings. The normalized spacial score (nSPS) is 21.0. The van der Waals surface area contributed by atoms with E-state index in [-0.39, 0.29) is 17.3 Å². The first kappa shape index (κ1) is 15.4. The molecule has 2 aliphatic heterocycles. The maximum absolute atomic E-state index is 12.3. The number of rotatable bonds is 3. The molecule has 8 heteroatoms. The van der Waals surface area contributed by atoms with Crippen LogP contribution in [0, 0.1) is 0 Å². The van der Waals surface area contributed by atoms with E-state index in [0.29, 0.717) is 25.2 Å². The Kier molecular flexibility index (Phi) is 4.14. The summed E-state index contributed by atoms with van der Waals surface area (Å²) in [5, 5.41) is 15.6. The van der Waals surface area contributed by atoms with Crippen molar-refractivity contribution in [3.05, 3.63) is 5.82 Å². The van der Waals surface area contributed by atoms with Gasteiger partial charge in [-0.2, -0.15) is 4.80 Å². The summed E-state index contributed by atoms with van der Waals surface area (Å²) in [5.41, 5.74) is -0.270. The highest BCUT2D eigenvalue weighted by molar-refractivity contribution is 5.90. The molecule has 0 unspecified atom stereocenters. The van der Waals surface area contributed by atoms with E-state index in [1.165, 1.54) is 4.80 Å². The molecule has 2 fully saturated rings. The maximum atomic E-state index is 12.3. The molecule has 1 amide bonds. The number of hydrogen-bond donors (Lipinski definition) is 1. The van der Waals surface area contributed by atoms with E-state index in [9.17, 15) is 4.79 Å². The quantitative estimate of drug-likeness (QED) is 0.847. The van der Waals surface area contributed by atoms with Gasteiger partial charge in [-0.25, -0.2) is 0 Å². The number of aromatic nitrogens is 4. The minimum absolute atomic E-state index is 0.138. The lowest BCUT2D eigenvalue weighted by molar-refractivity contribution is 0.0432. The average Bonchev–Trinajstić information content (AvgIpc) is 2.92. The zero-order chi connectivity index (χ0) is 15.7. The Morgan fingerprint density at radius 1 is 1.23 bits per heavy atom. The molecule has 0 atom stereocenters. The number of carbonyl (C=O) groups is 1. The fourth-order valence-corrected chi connectivity index (χ4v) is 2.67. The van der Waals surface area contributed by atoms with E-state index in [1.54, 1.807) is 4.90 Å². The van der Waals surface area contributed by atoms with Crippen LogP contribution in [0.5, 0.6) is 0 Å². The van der Waals surface area contributed by atoms with Crippen LogP contribution in [0.3, 0.4) is 0 Å². The van der Waals surface area contributed by atoms with Gasteiger partial charge >= 0.3 is 0 Å². The SMILES string of the molecule is CC(C)(C)n1nnc(C(=O)N2CC(NC3CCOCC3)C2)n1. The first-order valence-corrected chi connectivity index (χ1v) is 7.87. The average molecular weight is 308 g/mol. The Hall–Kier alpha value is -1.54. The first-order chi connectivity index (χ1) is 10.4. The van der Waals surface area contributed by atoms with E-state index in [1.807, 2.05) is 20.8 Å². The summed E-state index contributed by atoms with van der Waals surface area (Å²) in [4.78, 5) is 15.6. The van der Waals surface area contributed by atoms with Crippen LogP contribution < -0.4 is 5.32 Å². The zero-order valence-electron chi connectivity index (χ0n) is 13.4. The largest absolute Gasteiger partial charge is 0.381 e. The first-order valence-electron chi connectivity index (χ1n) is 7.87. The molecule has 3 heterocycles. The molecule has 3 rings (SSSR count). The summed E-state index contributed by atoms with van der Waals surface area (Å²) in [6, 6.07) is 0.876. The lowest BCUT2D eigenvalue weighted by atomic mass is 10.0. The minimum atomic E-state index is -0.270. The molecule has 1 aromatic heterocycles. The van der Waals surface area contributed by atoms with Crippen LogP contribution in [0.1, 0.15) is 44.2 Å². The third kappa shape index (κ3) is 3.27. The molecule has 8 nitrogen and oxygen atoms in total. The van der Waals surface area contributed by atoms with Crippen molar-refractivity contribution in [2.45, 2.75) is 51.2 Å². The van der Waals surface area contributed by atoms with Gasteiger partial charge in [-0.1, -0.05) is 0 Å². The van der Waals surface area contributed by atoms with E-state index in [2.05, 4.69) is 20.7 Å². The standard InChI is InChI=1S/C14H24N6O2/c1-14(2,3)20-17-12(16-18-20)13(21)19-8-11(9-19)15-10-4-6-22-7-5-10/h10-11,15H,4-9H2,1-3H3. The molecule has 0 spiro atoms. The number of ether oxygens (including phenoxy) is 1. The third-order valence-electron chi connectivity index (χ3n) is 4.07. The monoisotopic (exact) mass is 308 g/mol. The number of nitrogens with one attached hydrogen (secondary N) is 1. The van der Waals surface area contributed by atoms with Gasteiger partial charge in [0.2, 0.25) is 0 Å². The van der Waals surface area contributed by atoms with Gasteiger partial charge in [-0.15, -0.1) is 10.2 Å². The lowest BCUT2D eigenvalue weighted by Crippen LogP contribution is -2.62. The fourth-order valence-electron chi connectivity index (χ4n) is 2.67. The van der Waals surface area contributed by atoms with Crippen molar-refractivity contribution in [3.8, 4) is 0 Å². The number of amides is 1. The molecule has 0 aliphatic carbocycles. The second-order valence-electron chi connectivity index (χ2n) is 7.03.